The van der Waals surface area contributed by atoms with E-state index >= 15 is 0 Å². The van der Waals surface area contributed by atoms with E-state index in [1.165, 1.54) is 6.07 Å². The number of H-pyrrole nitrogens is 1. The topological polar surface area (TPSA) is 106 Å². The van der Waals surface area contributed by atoms with Crippen molar-refractivity contribution < 1.29 is 15.2 Å². The first-order valence-corrected chi connectivity index (χ1v) is 9.68. The van der Waals surface area contributed by atoms with Crippen LogP contribution in [-0.4, -0.2) is 38.0 Å². The maximum absolute atomic E-state index is 12.3. The van der Waals surface area contributed by atoms with Crippen LogP contribution in [0.4, 0.5) is 0 Å². The van der Waals surface area contributed by atoms with Gasteiger partial charge in [-0.05, 0) is 29.3 Å². The highest BCUT2D eigenvalue weighted by atomic mass is 32.2. The van der Waals surface area contributed by atoms with Crippen LogP contribution in [0.25, 0.3) is 22.5 Å². The van der Waals surface area contributed by atoms with Gasteiger partial charge in [-0.3, -0.25) is 4.79 Å². The van der Waals surface area contributed by atoms with Gasteiger partial charge in [0, 0.05) is 22.4 Å². The largest absolute Gasteiger partial charge is 0.507 e. The Balaban J connectivity index is 1.67. The lowest BCUT2D eigenvalue weighted by molar-refractivity contribution is 0.424. The second kappa shape index (κ2) is 7.23. The van der Waals surface area contributed by atoms with Gasteiger partial charge in [0.2, 0.25) is 0 Å². The van der Waals surface area contributed by atoms with Crippen molar-refractivity contribution in [1.29, 1.82) is 0 Å². The number of thioether (sulfide) groups is 1. The molecule has 8 heteroatoms. The molecular weight excluding hydrogens is 363 g/mol. The summed E-state index contributed by atoms with van der Waals surface area (Å²) in [5.41, 5.74) is 3.92. The number of aromatic amines is 1. The van der Waals surface area contributed by atoms with Crippen LogP contribution < -0.4 is 11.0 Å². The number of nitrogens with zero attached hydrogens (tertiary/aromatic N) is 1. The van der Waals surface area contributed by atoms with Crippen LogP contribution in [0.1, 0.15) is 11.3 Å². The molecule has 0 bridgehead atoms. The first-order chi connectivity index (χ1) is 13.0. The highest BCUT2D eigenvalue weighted by Crippen LogP contribution is 2.30. The third-order valence-corrected chi connectivity index (χ3v) is 5.61. The molecule has 2 heterocycles. The molecule has 0 amide bonds. The van der Waals surface area contributed by atoms with Crippen LogP contribution in [0.5, 0.6) is 5.75 Å². The first kappa shape index (κ1) is 17.8. The molecule has 4 rings (SSSR count). The Hall–Kier alpha value is -2.55. The van der Waals surface area contributed by atoms with E-state index in [-0.39, 0.29) is 16.8 Å². The predicted octanol–water partition coefficient (Wildman–Crippen LogP) is 1.28. The number of hydrogen-bond donors (Lipinski definition) is 4. The summed E-state index contributed by atoms with van der Waals surface area (Å²) in [6.07, 6.45) is 0.798. The fraction of sp³-hybridized carbons (Fsp3) is 0.158. The fourth-order valence-corrected chi connectivity index (χ4v) is 4.12. The molecule has 4 N–H and O–H groups in total. The molecule has 0 saturated heterocycles. The van der Waals surface area contributed by atoms with Gasteiger partial charge in [-0.2, -0.15) is 11.8 Å². The molecule has 1 aromatic heterocycles. The number of hydrogen-bond acceptors (Lipinski definition) is 6. The summed E-state index contributed by atoms with van der Waals surface area (Å²) >= 11 is 1.74. The average Bonchev–Trinajstić information content (AvgIpc) is 2.68. The van der Waals surface area contributed by atoms with Gasteiger partial charge in [-0.25, -0.2) is 4.98 Å². The number of rotatable bonds is 3. The minimum absolute atomic E-state index is 0.0360. The molecule has 0 saturated carbocycles. The van der Waals surface area contributed by atoms with Gasteiger partial charge in [-0.1, -0.05) is 36.4 Å². The number of benzene rings is 2. The molecule has 0 fully saturated rings. The van der Waals surface area contributed by atoms with Gasteiger partial charge in [0.25, 0.3) is 5.56 Å². The molecule has 6 nitrogen and oxygen atoms in total. The minimum atomic E-state index is -1.63. The number of phenolic OH excluding ortho intramolecular Hbond substituents is 1. The zero-order valence-corrected chi connectivity index (χ0v) is 15.2. The smallest absolute Gasteiger partial charge is 0.488 e. The Morgan fingerprint density at radius 3 is 2.52 bits per heavy atom. The van der Waals surface area contributed by atoms with E-state index in [4.69, 9.17) is 0 Å². The van der Waals surface area contributed by atoms with Crippen molar-refractivity contribution in [3.05, 3.63) is 64.1 Å². The number of aryl methyl sites for hydroxylation is 1. The lowest BCUT2D eigenvalue weighted by atomic mass is 9.79. The number of aromatic hydroxyl groups is 1. The molecule has 27 heavy (non-hydrogen) atoms. The molecule has 3 aromatic rings. The molecule has 2 aromatic carbocycles. The highest BCUT2D eigenvalue weighted by molar-refractivity contribution is 7.98. The molecular formula is C19H17BN2O4S. The van der Waals surface area contributed by atoms with E-state index in [0.29, 0.717) is 17.1 Å². The van der Waals surface area contributed by atoms with Crippen LogP contribution in [0.2, 0.25) is 0 Å². The number of aromatic nitrogens is 2. The van der Waals surface area contributed by atoms with Gasteiger partial charge in [0.05, 0.1) is 5.69 Å². The van der Waals surface area contributed by atoms with Gasteiger partial charge in [0.1, 0.15) is 11.6 Å². The lowest BCUT2D eigenvalue weighted by Crippen LogP contribution is -2.29. The zero-order chi connectivity index (χ0) is 19.0. The first-order valence-electron chi connectivity index (χ1n) is 8.52. The molecule has 0 unspecified atom stereocenters. The molecule has 136 valence electrons. The summed E-state index contributed by atoms with van der Waals surface area (Å²) in [6.45, 7) is 0. The molecule has 0 aliphatic carbocycles. The van der Waals surface area contributed by atoms with Gasteiger partial charge in [0.15, 0.2) is 0 Å². The van der Waals surface area contributed by atoms with Gasteiger partial charge < -0.3 is 20.1 Å². The van der Waals surface area contributed by atoms with Crippen molar-refractivity contribution in [2.75, 3.05) is 5.75 Å². The molecule has 0 radical (unpaired) electrons. The van der Waals surface area contributed by atoms with Crippen LogP contribution in [0.3, 0.4) is 0 Å². The van der Waals surface area contributed by atoms with E-state index in [2.05, 4.69) is 9.97 Å². The van der Waals surface area contributed by atoms with Gasteiger partial charge in [-0.15, -0.1) is 0 Å². The second-order valence-corrected chi connectivity index (χ2v) is 7.48. The Morgan fingerprint density at radius 2 is 1.81 bits per heavy atom. The normalized spacial score (nSPS) is 13.3. The molecule has 0 spiro atoms. The zero-order valence-electron chi connectivity index (χ0n) is 14.3. The third-order valence-electron chi connectivity index (χ3n) is 4.62. The standard InChI is InChI=1S/C19H17BN2O4S/c23-17-9-13(20(25)26)5-6-14(17)11-1-3-12(4-2-11)18-21-16-7-8-27-10-15(16)19(24)22-18/h1-6,9,23,25-26H,7-8,10H2,(H,21,22,24). The van der Waals surface area contributed by atoms with E-state index < -0.39 is 7.12 Å². The summed E-state index contributed by atoms with van der Waals surface area (Å²) in [7, 11) is -1.63. The van der Waals surface area contributed by atoms with Crippen molar-refractivity contribution >= 4 is 24.3 Å². The second-order valence-electron chi connectivity index (χ2n) is 6.37. The summed E-state index contributed by atoms with van der Waals surface area (Å²) < 4.78 is 0. The van der Waals surface area contributed by atoms with E-state index in [1.54, 1.807) is 23.9 Å². The van der Waals surface area contributed by atoms with Crippen LogP contribution in [0.15, 0.2) is 47.3 Å². The van der Waals surface area contributed by atoms with Gasteiger partial charge >= 0.3 is 7.12 Å². The monoisotopic (exact) mass is 380 g/mol. The number of phenols is 1. The Morgan fingerprint density at radius 1 is 1.07 bits per heavy atom. The maximum Gasteiger partial charge on any atom is 0.488 e. The van der Waals surface area contributed by atoms with Crippen molar-refractivity contribution in [1.82, 2.24) is 9.97 Å². The van der Waals surface area contributed by atoms with Crippen molar-refractivity contribution in [3.63, 3.8) is 0 Å². The summed E-state index contributed by atoms with van der Waals surface area (Å²) in [6, 6.07) is 11.8. The van der Waals surface area contributed by atoms with Crippen molar-refractivity contribution in [2.24, 2.45) is 0 Å². The number of nitrogens with one attached hydrogen (secondary N) is 1. The average molecular weight is 380 g/mol. The summed E-state index contributed by atoms with van der Waals surface area (Å²) in [5.74, 6) is 2.18. The summed E-state index contributed by atoms with van der Waals surface area (Å²) in [4.78, 5) is 19.8. The lowest BCUT2D eigenvalue weighted by Gasteiger charge is -2.14. The molecule has 1 aliphatic heterocycles. The van der Waals surface area contributed by atoms with Crippen molar-refractivity contribution in [3.8, 4) is 28.3 Å². The molecule has 0 atom stereocenters. The molecule has 1 aliphatic rings. The highest BCUT2D eigenvalue weighted by Gasteiger charge is 2.17. The fourth-order valence-electron chi connectivity index (χ4n) is 3.14. The van der Waals surface area contributed by atoms with E-state index in [9.17, 15) is 19.9 Å². The van der Waals surface area contributed by atoms with Crippen LogP contribution >= 0.6 is 11.8 Å². The van der Waals surface area contributed by atoms with Crippen LogP contribution in [-0.2, 0) is 12.2 Å². The Labute approximate surface area is 160 Å². The predicted molar refractivity (Wildman–Crippen MR) is 107 cm³/mol. The summed E-state index contributed by atoms with van der Waals surface area (Å²) in [5, 5.41) is 28.5. The van der Waals surface area contributed by atoms with Crippen molar-refractivity contribution in [2.45, 2.75) is 12.2 Å². The van der Waals surface area contributed by atoms with E-state index in [1.807, 2.05) is 24.3 Å². The Bertz CT molecular complexity index is 1050. The minimum Gasteiger partial charge on any atom is -0.507 e. The van der Waals surface area contributed by atoms with E-state index in [0.717, 1.165) is 34.6 Å². The third kappa shape index (κ3) is 3.51. The SMILES string of the molecule is O=c1[nH]c(-c2ccc(-c3ccc(B(O)O)cc3O)cc2)nc2c1CSCC2. The number of fused-ring (bicyclic) bond motifs is 1. The quantitative estimate of drug-likeness (QED) is 0.510. The maximum atomic E-state index is 12.3. The Kier molecular flexibility index (Phi) is 4.78. The van der Waals surface area contributed by atoms with Crippen LogP contribution in [0, 0.1) is 0 Å².